The zero-order valence-corrected chi connectivity index (χ0v) is 17.1. The number of nitrogens with one attached hydrogen (secondary N) is 1. The molecule has 2 saturated carbocycles. The quantitative estimate of drug-likeness (QED) is 0.834. The number of anilines is 1. The molecule has 5 nitrogen and oxygen atoms in total. The van der Waals surface area contributed by atoms with Crippen molar-refractivity contribution >= 4 is 21.6 Å². The van der Waals surface area contributed by atoms with Gasteiger partial charge in [0.15, 0.2) is 0 Å². The number of carbonyl (C=O) groups excluding carboxylic acids is 1. The molecule has 3 atom stereocenters. The molecule has 0 aromatic heterocycles. The number of fused-ring (bicyclic) bond motifs is 2. The van der Waals surface area contributed by atoms with Crippen LogP contribution in [0.5, 0.6) is 0 Å². The first kappa shape index (κ1) is 19.0. The average molecular weight is 399 g/mol. The van der Waals surface area contributed by atoms with Crippen LogP contribution in [0.3, 0.4) is 0 Å². The Bertz CT molecular complexity index is 988. The van der Waals surface area contributed by atoms with Gasteiger partial charge in [0.25, 0.3) is 15.9 Å². The van der Waals surface area contributed by atoms with Crippen LogP contribution in [-0.2, 0) is 10.0 Å². The maximum Gasteiger partial charge on any atom is 0.264 e. The summed E-state index contributed by atoms with van der Waals surface area (Å²) in [4.78, 5) is 13.0. The Morgan fingerprint density at radius 1 is 1.07 bits per heavy atom. The number of hydrogen-bond donors (Lipinski definition) is 1. The van der Waals surface area contributed by atoms with E-state index >= 15 is 0 Å². The van der Waals surface area contributed by atoms with Gasteiger partial charge in [0.1, 0.15) is 0 Å². The van der Waals surface area contributed by atoms with Crippen LogP contribution in [0.1, 0.15) is 41.6 Å². The van der Waals surface area contributed by atoms with Crippen LogP contribution in [0.2, 0.25) is 0 Å². The fourth-order valence-corrected chi connectivity index (χ4v) is 5.92. The zero-order chi connectivity index (χ0) is 19.9. The first-order valence-corrected chi connectivity index (χ1v) is 11.3. The Morgan fingerprint density at radius 3 is 2.46 bits per heavy atom. The summed E-state index contributed by atoms with van der Waals surface area (Å²) in [5.74, 6) is 1.23. The van der Waals surface area contributed by atoms with Gasteiger partial charge in [-0.3, -0.25) is 9.10 Å². The zero-order valence-electron chi connectivity index (χ0n) is 16.3. The van der Waals surface area contributed by atoms with Gasteiger partial charge in [0.2, 0.25) is 0 Å². The van der Waals surface area contributed by atoms with E-state index < -0.39 is 10.0 Å². The molecular weight excluding hydrogens is 372 g/mol. The first-order chi connectivity index (χ1) is 13.4. The number of amides is 1. The third-order valence-electron chi connectivity index (χ3n) is 6.27. The van der Waals surface area contributed by atoms with Crippen molar-refractivity contribution in [2.75, 3.05) is 11.4 Å². The molecule has 1 N–H and O–H groups in total. The number of rotatable bonds is 5. The predicted octanol–water partition coefficient (Wildman–Crippen LogP) is 3.74. The van der Waals surface area contributed by atoms with Crippen molar-refractivity contribution in [2.45, 2.75) is 43.5 Å². The van der Waals surface area contributed by atoms with Gasteiger partial charge in [-0.1, -0.05) is 30.7 Å². The van der Waals surface area contributed by atoms with Gasteiger partial charge in [-0.25, -0.2) is 8.42 Å². The predicted molar refractivity (Wildman–Crippen MR) is 110 cm³/mol. The van der Waals surface area contributed by atoms with Crippen molar-refractivity contribution in [3.63, 3.8) is 0 Å². The fourth-order valence-electron chi connectivity index (χ4n) is 4.64. The molecule has 148 valence electrons. The SMILES string of the molecule is Cc1ccc(C(=O)N[C@H]2C[C@H]3CC[C@H]2C3)cc1N(C)S(=O)(=O)c1ccccc1. The summed E-state index contributed by atoms with van der Waals surface area (Å²) in [6.45, 7) is 1.85. The number of aryl methyl sites for hydroxylation is 1. The summed E-state index contributed by atoms with van der Waals surface area (Å²) in [6, 6.07) is 13.8. The minimum Gasteiger partial charge on any atom is -0.349 e. The van der Waals surface area contributed by atoms with E-state index in [2.05, 4.69) is 5.32 Å². The van der Waals surface area contributed by atoms with E-state index in [9.17, 15) is 13.2 Å². The van der Waals surface area contributed by atoms with Crippen LogP contribution < -0.4 is 9.62 Å². The number of hydrogen-bond acceptors (Lipinski definition) is 3. The third kappa shape index (κ3) is 3.41. The fraction of sp³-hybridized carbons (Fsp3) is 0.409. The molecule has 4 rings (SSSR count). The number of benzene rings is 2. The van der Waals surface area contributed by atoms with Gasteiger partial charge in [-0.05, 0) is 67.9 Å². The van der Waals surface area contributed by atoms with E-state index in [-0.39, 0.29) is 16.8 Å². The molecule has 2 aromatic rings. The van der Waals surface area contributed by atoms with Crippen LogP contribution in [0.15, 0.2) is 53.4 Å². The molecule has 0 spiro atoms. The summed E-state index contributed by atoms with van der Waals surface area (Å²) in [5.41, 5.74) is 1.82. The van der Waals surface area contributed by atoms with E-state index in [1.807, 2.05) is 13.0 Å². The van der Waals surface area contributed by atoms with Crippen molar-refractivity contribution in [1.29, 1.82) is 0 Å². The summed E-state index contributed by atoms with van der Waals surface area (Å²) in [7, 11) is -2.15. The summed E-state index contributed by atoms with van der Waals surface area (Å²) in [6.07, 6.45) is 4.78. The van der Waals surface area contributed by atoms with Crippen molar-refractivity contribution in [3.05, 3.63) is 59.7 Å². The molecule has 2 aliphatic rings. The van der Waals surface area contributed by atoms with E-state index in [1.165, 1.54) is 30.6 Å². The van der Waals surface area contributed by atoms with Gasteiger partial charge in [-0.15, -0.1) is 0 Å². The highest BCUT2D eigenvalue weighted by Gasteiger charge is 2.40. The third-order valence-corrected chi connectivity index (χ3v) is 8.05. The lowest BCUT2D eigenvalue weighted by Gasteiger charge is -2.24. The van der Waals surface area contributed by atoms with E-state index in [4.69, 9.17) is 0 Å². The van der Waals surface area contributed by atoms with Crippen LogP contribution in [0, 0.1) is 18.8 Å². The molecule has 2 bridgehead atoms. The standard InChI is InChI=1S/C22H26N2O3S/c1-15-8-10-18(22(25)23-20-13-16-9-11-17(20)12-16)14-21(15)24(2)28(26,27)19-6-4-3-5-7-19/h3-8,10,14,16-17,20H,9,11-13H2,1-2H3,(H,23,25)/t16-,17-,20-/m0/s1. The minimum absolute atomic E-state index is 0.121. The Hall–Kier alpha value is -2.34. The van der Waals surface area contributed by atoms with Crippen molar-refractivity contribution in [1.82, 2.24) is 5.32 Å². The van der Waals surface area contributed by atoms with Gasteiger partial charge in [0, 0.05) is 18.7 Å². The van der Waals surface area contributed by atoms with Gasteiger partial charge in [-0.2, -0.15) is 0 Å². The Morgan fingerprint density at radius 2 is 1.82 bits per heavy atom. The molecule has 6 heteroatoms. The van der Waals surface area contributed by atoms with Gasteiger partial charge >= 0.3 is 0 Å². The molecule has 0 unspecified atom stereocenters. The molecule has 0 heterocycles. The Balaban J connectivity index is 1.57. The molecule has 0 radical (unpaired) electrons. The molecule has 2 aromatic carbocycles. The highest BCUT2D eigenvalue weighted by Crippen LogP contribution is 2.44. The second-order valence-corrected chi connectivity index (χ2v) is 10.0. The summed E-state index contributed by atoms with van der Waals surface area (Å²) < 4.78 is 27.2. The van der Waals surface area contributed by atoms with Crippen molar-refractivity contribution in [2.24, 2.45) is 11.8 Å². The summed E-state index contributed by atoms with van der Waals surface area (Å²) >= 11 is 0. The topological polar surface area (TPSA) is 66.5 Å². The summed E-state index contributed by atoms with van der Waals surface area (Å²) in [5, 5.41) is 3.18. The normalized spacial score (nSPS) is 23.6. The minimum atomic E-state index is -3.68. The first-order valence-electron chi connectivity index (χ1n) is 9.82. The molecule has 28 heavy (non-hydrogen) atoms. The van der Waals surface area contributed by atoms with E-state index in [0.29, 0.717) is 17.2 Å². The Kier molecular flexibility index (Phi) is 4.91. The second-order valence-electron chi connectivity index (χ2n) is 8.04. The van der Waals surface area contributed by atoms with Crippen LogP contribution >= 0.6 is 0 Å². The molecule has 1 amide bonds. The number of sulfonamides is 1. The average Bonchev–Trinajstić information content (AvgIpc) is 3.31. The lowest BCUT2D eigenvalue weighted by Crippen LogP contribution is -2.38. The monoisotopic (exact) mass is 398 g/mol. The van der Waals surface area contributed by atoms with Gasteiger partial charge < -0.3 is 5.32 Å². The van der Waals surface area contributed by atoms with Crippen LogP contribution in [0.4, 0.5) is 5.69 Å². The lowest BCUT2D eigenvalue weighted by molar-refractivity contribution is 0.0923. The Labute approximate surface area is 166 Å². The van der Waals surface area contributed by atoms with Crippen molar-refractivity contribution < 1.29 is 13.2 Å². The lowest BCUT2D eigenvalue weighted by atomic mass is 9.95. The maximum atomic E-state index is 13.0. The second kappa shape index (κ2) is 7.24. The molecule has 2 fully saturated rings. The van der Waals surface area contributed by atoms with Gasteiger partial charge in [0.05, 0.1) is 10.6 Å². The number of carbonyl (C=O) groups is 1. The van der Waals surface area contributed by atoms with Crippen molar-refractivity contribution in [3.8, 4) is 0 Å². The van der Waals surface area contributed by atoms with E-state index in [1.54, 1.807) is 42.5 Å². The molecule has 0 aliphatic heterocycles. The highest BCUT2D eigenvalue weighted by molar-refractivity contribution is 7.92. The van der Waals surface area contributed by atoms with E-state index in [0.717, 1.165) is 17.9 Å². The van der Waals surface area contributed by atoms with Crippen LogP contribution in [-0.4, -0.2) is 27.4 Å². The highest BCUT2D eigenvalue weighted by atomic mass is 32.2. The smallest absolute Gasteiger partial charge is 0.264 e. The van der Waals surface area contributed by atoms with Crippen LogP contribution in [0.25, 0.3) is 0 Å². The molecular formula is C22H26N2O3S. The largest absolute Gasteiger partial charge is 0.349 e. The maximum absolute atomic E-state index is 13.0. The molecule has 0 saturated heterocycles. The number of nitrogens with zero attached hydrogens (tertiary/aromatic N) is 1. The molecule has 2 aliphatic carbocycles.